The molecule has 6 heteroatoms. The Morgan fingerprint density at radius 1 is 1.15 bits per heavy atom. The van der Waals surface area contributed by atoms with Crippen molar-refractivity contribution in [1.82, 2.24) is 14.1 Å². The highest BCUT2D eigenvalue weighted by atomic mass is 16.4. The smallest absolute Gasteiger partial charge is 0.408 e. The molecule has 0 bridgehead atoms. The third kappa shape index (κ3) is 3.38. The first-order valence-corrected chi connectivity index (χ1v) is 8.91. The molecule has 2 aromatic carbocycles. The van der Waals surface area contributed by atoms with E-state index in [-0.39, 0.29) is 5.76 Å². The molecule has 4 rings (SSSR count). The van der Waals surface area contributed by atoms with Gasteiger partial charge in [-0.05, 0) is 31.5 Å². The van der Waals surface area contributed by atoms with Crippen molar-refractivity contribution < 1.29 is 4.42 Å². The topological polar surface area (TPSA) is 65.0 Å². The molecule has 4 aromatic rings. The molecule has 0 aliphatic carbocycles. The number of rotatable bonds is 5. The number of nitrogens with zero attached hydrogens (tertiary/aromatic N) is 3. The first-order chi connectivity index (χ1) is 13.0. The Balaban J connectivity index is 1.58. The summed E-state index contributed by atoms with van der Waals surface area (Å²) in [4.78, 5) is 16.6. The summed E-state index contributed by atoms with van der Waals surface area (Å²) < 4.78 is 9.18. The number of fused-ring (bicyclic) bond motifs is 1. The summed E-state index contributed by atoms with van der Waals surface area (Å²) >= 11 is 0. The van der Waals surface area contributed by atoms with Crippen LogP contribution in [0.5, 0.6) is 0 Å². The zero-order valence-electron chi connectivity index (χ0n) is 15.7. The van der Waals surface area contributed by atoms with Gasteiger partial charge in [0.25, 0.3) is 0 Å². The van der Waals surface area contributed by atoms with Gasteiger partial charge in [0.05, 0.1) is 30.5 Å². The van der Waals surface area contributed by atoms with Crippen molar-refractivity contribution in [3.8, 4) is 0 Å². The van der Waals surface area contributed by atoms with Gasteiger partial charge in [-0.2, -0.15) is 0 Å². The SMILES string of the molecule is Cc1cccc(Cn2c(=O)oc3cc(NCc4cnc(C)n4C)ccc32)c1. The van der Waals surface area contributed by atoms with Gasteiger partial charge in [-0.1, -0.05) is 29.8 Å². The number of nitrogens with one attached hydrogen (secondary N) is 1. The van der Waals surface area contributed by atoms with Crippen LogP contribution in [0.1, 0.15) is 22.6 Å². The zero-order chi connectivity index (χ0) is 19.0. The van der Waals surface area contributed by atoms with Crippen molar-refractivity contribution in [1.29, 1.82) is 0 Å². The number of aryl methyl sites for hydroxylation is 2. The van der Waals surface area contributed by atoms with Crippen LogP contribution in [0.3, 0.4) is 0 Å². The lowest BCUT2D eigenvalue weighted by atomic mass is 10.1. The quantitative estimate of drug-likeness (QED) is 0.589. The maximum Gasteiger partial charge on any atom is 0.420 e. The Morgan fingerprint density at radius 2 is 2.00 bits per heavy atom. The zero-order valence-corrected chi connectivity index (χ0v) is 15.7. The highest BCUT2D eigenvalue weighted by molar-refractivity contribution is 5.77. The second-order valence-electron chi connectivity index (χ2n) is 6.83. The third-order valence-electron chi connectivity index (χ3n) is 4.88. The molecule has 0 spiro atoms. The van der Waals surface area contributed by atoms with Gasteiger partial charge >= 0.3 is 5.76 Å². The highest BCUT2D eigenvalue weighted by Gasteiger charge is 2.11. The fourth-order valence-electron chi connectivity index (χ4n) is 3.22. The lowest BCUT2D eigenvalue weighted by Crippen LogP contribution is -2.14. The lowest BCUT2D eigenvalue weighted by Gasteiger charge is -2.08. The molecule has 0 unspecified atom stereocenters. The molecule has 6 nitrogen and oxygen atoms in total. The average Bonchev–Trinajstić information content (AvgIpc) is 3.13. The molecule has 0 fully saturated rings. The van der Waals surface area contributed by atoms with E-state index in [1.807, 2.05) is 68.1 Å². The number of imidazole rings is 1. The van der Waals surface area contributed by atoms with Gasteiger partial charge in [0.15, 0.2) is 5.58 Å². The summed E-state index contributed by atoms with van der Waals surface area (Å²) in [5.74, 6) is 0.632. The molecule has 0 atom stereocenters. The predicted octanol–water partition coefficient (Wildman–Crippen LogP) is 3.61. The minimum absolute atomic E-state index is 0.342. The Hall–Kier alpha value is -3.28. The van der Waals surface area contributed by atoms with E-state index in [1.165, 1.54) is 5.56 Å². The summed E-state index contributed by atoms with van der Waals surface area (Å²) in [6.45, 7) is 5.16. The van der Waals surface area contributed by atoms with Gasteiger partial charge in [-0.15, -0.1) is 0 Å². The molecule has 2 heterocycles. The molecule has 27 heavy (non-hydrogen) atoms. The summed E-state index contributed by atoms with van der Waals surface area (Å²) in [5.41, 5.74) is 5.62. The van der Waals surface area contributed by atoms with E-state index >= 15 is 0 Å². The van der Waals surface area contributed by atoms with Crippen LogP contribution in [-0.4, -0.2) is 14.1 Å². The van der Waals surface area contributed by atoms with E-state index < -0.39 is 0 Å². The first-order valence-electron chi connectivity index (χ1n) is 8.91. The monoisotopic (exact) mass is 362 g/mol. The molecule has 2 aromatic heterocycles. The Bertz CT molecular complexity index is 1170. The van der Waals surface area contributed by atoms with E-state index in [2.05, 4.69) is 16.4 Å². The largest absolute Gasteiger partial charge is 0.420 e. The fourth-order valence-corrected chi connectivity index (χ4v) is 3.22. The molecule has 0 radical (unpaired) electrons. The van der Waals surface area contributed by atoms with Crippen molar-refractivity contribution >= 4 is 16.8 Å². The van der Waals surface area contributed by atoms with Crippen molar-refractivity contribution in [2.45, 2.75) is 26.9 Å². The minimum Gasteiger partial charge on any atom is -0.408 e. The number of hydrogen-bond donors (Lipinski definition) is 1. The van der Waals surface area contributed by atoms with Crippen LogP contribution in [0.25, 0.3) is 11.1 Å². The van der Waals surface area contributed by atoms with Crippen LogP contribution in [0.2, 0.25) is 0 Å². The molecule has 0 aliphatic rings. The standard InChI is InChI=1S/C21H22N4O2/c1-14-5-4-6-16(9-14)13-25-19-8-7-17(10-20(19)27-21(25)26)23-12-18-11-22-15(2)24(18)3/h4-11,23H,12-13H2,1-3H3. The van der Waals surface area contributed by atoms with Gasteiger partial charge in [-0.3, -0.25) is 4.57 Å². The van der Waals surface area contributed by atoms with Crippen LogP contribution >= 0.6 is 0 Å². The first kappa shape index (κ1) is 17.1. The number of oxazole rings is 1. The summed E-state index contributed by atoms with van der Waals surface area (Å²) in [5, 5.41) is 3.36. The molecule has 0 aliphatic heterocycles. The average molecular weight is 362 g/mol. The fraction of sp³-hybridized carbons (Fsp3) is 0.238. The van der Waals surface area contributed by atoms with E-state index in [9.17, 15) is 4.79 Å². The van der Waals surface area contributed by atoms with Gasteiger partial charge in [0.2, 0.25) is 0 Å². The van der Waals surface area contributed by atoms with E-state index in [1.54, 1.807) is 4.57 Å². The second kappa shape index (κ2) is 6.79. The normalized spacial score (nSPS) is 11.2. The Morgan fingerprint density at radius 3 is 2.74 bits per heavy atom. The number of benzene rings is 2. The third-order valence-corrected chi connectivity index (χ3v) is 4.88. The molecule has 1 N–H and O–H groups in total. The van der Waals surface area contributed by atoms with Gasteiger partial charge in [-0.25, -0.2) is 9.78 Å². The van der Waals surface area contributed by atoms with Crippen LogP contribution < -0.4 is 11.1 Å². The minimum atomic E-state index is -0.342. The van der Waals surface area contributed by atoms with E-state index in [0.29, 0.717) is 18.7 Å². The Labute approximate surface area is 157 Å². The van der Waals surface area contributed by atoms with Crippen LogP contribution in [-0.2, 0) is 20.1 Å². The lowest BCUT2D eigenvalue weighted by molar-refractivity contribution is 0.517. The van der Waals surface area contributed by atoms with E-state index in [4.69, 9.17) is 4.42 Å². The molecule has 0 saturated carbocycles. The van der Waals surface area contributed by atoms with Crippen molar-refractivity contribution in [3.63, 3.8) is 0 Å². The maximum atomic E-state index is 12.3. The number of aromatic nitrogens is 3. The van der Waals surface area contributed by atoms with Crippen molar-refractivity contribution in [3.05, 3.63) is 81.9 Å². The Kier molecular flexibility index (Phi) is 4.32. The van der Waals surface area contributed by atoms with Crippen LogP contribution in [0.4, 0.5) is 5.69 Å². The predicted molar refractivity (Wildman–Crippen MR) is 106 cm³/mol. The van der Waals surface area contributed by atoms with Crippen molar-refractivity contribution in [2.24, 2.45) is 7.05 Å². The second-order valence-corrected chi connectivity index (χ2v) is 6.83. The van der Waals surface area contributed by atoms with Gasteiger partial charge in [0, 0.05) is 18.8 Å². The molecule has 138 valence electrons. The highest BCUT2D eigenvalue weighted by Crippen LogP contribution is 2.20. The molecular weight excluding hydrogens is 340 g/mol. The van der Waals surface area contributed by atoms with Gasteiger partial charge < -0.3 is 14.3 Å². The van der Waals surface area contributed by atoms with Crippen molar-refractivity contribution in [2.75, 3.05) is 5.32 Å². The van der Waals surface area contributed by atoms with Gasteiger partial charge in [0.1, 0.15) is 5.82 Å². The molecular formula is C21H22N4O2. The maximum absolute atomic E-state index is 12.3. The number of anilines is 1. The van der Waals surface area contributed by atoms with Crippen LogP contribution in [0, 0.1) is 13.8 Å². The number of hydrogen-bond acceptors (Lipinski definition) is 4. The van der Waals surface area contributed by atoms with E-state index in [0.717, 1.165) is 28.3 Å². The summed E-state index contributed by atoms with van der Waals surface area (Å²) in [6, 6.07) is 13.9. The van der Waals surface area contributed by atoms with Crippen LogP contribution in [0.15, 0.2) is 57.9 Å². The molecule has 0 saturated heterocycles. The summed E-state index contributed by atoms with van der Waals surface area (Å²) in [6.07, 6.45) is 1.86. The summed E-state index contributed by atoms with van der Waals surface area (Å²) in [7, 11) is 1.99. The molecule has 0 amide bonds.